The average Bonchev–Trinajstić information content (AvgIpc) is 2.44. The van der Waals surface area contributed by atoms with Crippen LogP contribution >= 0.6 is 0 Å². The van der Waals surface area contributed by atoms with Crippen molar-refractivity contribution in [3.05, 3.63) is 0 Å². The highest BCUT2D eigenvalue weighted by atomic mass is 16.7. The summed E-state index contributed by atoms with van der Waals surface area (Å²) in [6.45, 7) is 1.35. The molecule has 0 aromatic rings. The lowest BCUT2D eigenvalue weighted by Crippen LogP contribution is -2.25. The maximum Gasteiger partial charge on any atom is 0.163 e. The summed E-state index contributed by atoms with van der Waals surface area (Å²) >= 11 is 0. The molecule has 0 spiro atoms. The molecule has 10 heavy (non-hydrogen) atoms. The van der Waals surface area contributed by atoms with Crippen molar-refractivity contribution in [2.45, 2.75) is 18.8 Å². The normalized spacial score (nSPS) is 45.9. The van der Waals surface area contributed by atoms with Gasteiger partial charge in [-0.2, -0.15) is 0 Å². The van der Waals surface area contributed by atoms with Crippen LogP contribution in [0.25, 0.3) is 0 Å². The monoisotopic (exact) mass is 145 g/mol. The third kappa shape index (κ3) is 0.845. The number of nitrogens with two attached hydrogens (primary N) is 1. The van der Waals surface area contributed by atoms with Gasteiger partial charge in [0.15, 0.2) is 6.29 Å². The lowest BCUT2D eigenvalue weighted by Gasteiger charge is -2.10. The fourth-order valence-corrected chi connectivity index (χ4v) is 1.57. The van der Waals surface area contributed by atoms with Gasteiger partial charge in [-0.05, 0) is 6.42 Å². The first-order valence-electron chi connectivity index (χ1n) is 3.50. The molecule has 0 aromatic carbocycles. The minimum Gasteiger partial charge on any atom is -0.352 e. The minimum absolute atomic E-state index is 0.0476. The number of hydrogen-bond donors (Lipinski definition) is 1. The van der Waals surface area contributed by atoms with Crippen molar-refractivity contribution in [1.82, 2.24) is 0 Å². The first kappa shape index (κ1) is 6.54. The Morgan fingerprint density at radius 1 is 1.40 bits per heavy atom. The SMILES string of the molecule is NO[C@H]1CO[C@H]2OCC[C@H]21. The summed E-state index contributed by atoms with van der Waals surface area (Å²) in [6.07, 6.45) is 1.01. The van der Waals surface area contributed by atoms with Crippen LogP contribution in [0.2, 0.25) is 0 Å². The van der Waals surface area contributed by atoms with Gasteiger partial charge in [-0.1, -0.05) is 0 Å². The van der Waals surface area contributed by atoms with Crippen LogP contribution in [0.3, 0.4) is 0 Å². The topological polar surface area (TPSA) is 53.7 Å². The molecule has 0 bridgehead atoms. The first-order valence-corrected chi connectivity index (χ1v) is 3.50. The van der Waals surface area contributed by atoms with Crippen LogP contribution in [-0.4, -0.2) is 25.6 Å². The molecule has 0 amide bonds. The van der Waals surface area contributed by atoms with Crippen molar-refractivity contribution >= 4 is 0 Å². The second kappa shape index (κ2) is 2.47. The van der Waals surface area contributed by atoms with Crippen LogP contribution < -0.4 is 5.90 Å². The van der Waals surface area contributed by atoms with E-state index in [9.17, 15) is 0 Å². The number of fused-ring (bicyclic) bond motifs is 1. The Kier molecular flexibility index (Phi) is 1.61. The van der Waals surface area contributed by atoms with Crippen LogP contribution in [0.4, 0.5) is 0 Å². The van der Waals surface area contributed by atoms with E-state index in [0.29, 0.717) is 12.5 Å². The molecule has 3 atom stereocenters. The van der Waals surface area contributed by atoms with Crippen LogP contribution in [0.5, 0.6) is 0 Å². The van der Waals surface area contributed by atoms with Crippen molar-refractivity contribution in [2.75, 3.05) is 13.2 Å². The zero-order chi connectivity index (χ0) is 6.97. The summed E-state index contributed by atoms with van der Waals surface area (Å²) < 4.78 is 10.5. The Labute approximate surface area is 59.2 Å². The van der Waals surface area contributed by atoms with Crippen molar-refractivity contribution in [2.24, 2.45) is 11.8 Å². The molecule has 0 radical (unpaired) electrons. The van der Waals surface area contributed by atoms with Gasteiger partial charge in [0.05, 0.1) is 13.2 Å². The van der Waals surface area contributed by atoms with Gasteiger partial charge < -0.3 is 9.47 Å². The van der Waals surface area contributed by atoms with Gasteiger partial charge in [0.1, 0.15) is 6.10 Å². The summed E-state index contributed by atoms with van der Waals surface area (Å²) in [7, 11) is 0. The molecule has 2 N–H and O–H groups in total. The average molecular weight is 145 g/mol. The van der Waals surface area contributed by atoms with E-state index in [1.54, 1.807) is 0 Å². The molecule has 0 aliphatic carbocycles. The summed E-state index contributed by atoms with van der Waals surface area (Å²) in [5, 5.41) is 0. The van der Waals surface area contributed by atoms with Crippen molar-refractivity contribution in [3.8, 4) is 0 Å². The lowest BCUT2D eigenvalue weighted by molar-refractivity contribution is -0.0909. The largest absolute Gasteiger partial charge is 0.352 e. The molecule has 2 saturated heterocycles. The van der Waals surface area contributed by atoms with E-state index in [4.69, 9.17) is 20.2 Å². The summed E-state index contributed by atoms with van der Waals surface area (Å²) in [4.78, 5) is 4.72. The van der Waals surface area contributed by atoms with E-state index in [0.717, 1.165) is 13.0 Å². The maximum absolute atomic E-state index is 5.25. The molecule has 2 aliphatic rings. The van der Waals surface area contributed by atoms with Crippen molar-refractivity contribution < 1.29 is 14.3 Å². The lowest BCUT2D eigenvalue weighted by atomic mass is 10.0. The first-order chi connectivity index (χ1) is 4.92. The predicted molar refractivity (Wildman–Crippen MR) is 32.9 cm³/mol. The van der Waals surface area contributed by atoms with Gasteiger partial charge in [0.25, 0.3) is 0 Å². The van der Waals surface area contributed by atoms with E-state index in [2.05, 4.69) is 0 Å². The molecule has 2 heterocycles. The van der Waals surface area contributed by atoms with E-state index in [1.807, 2.05) is 0 Å². The Morgan fingerprint density at radius 3 is 3.10 bits per heavy atom. The summed E-state index contributed by atoms with van der Waals surface area (Å²) in [6, 6.07) is 0. The highest BCUT2D eigenvalue weighted by molar-refractivity contribution is 4.82. The molecular formula is C6H11NO3. The molecule has 4 nitrogen and oxygen atoms in total. The fraction of sp³-hybridized carbons (Fsp3) is 1.00. The van der Waals surface area contributed by atoms with Gasteiger partial charge in [0, 0.05) is 5.92 Å². The Bertz CT molecular complexity index is 130. The smallest absolute Gasteiger partial charge is 0.163 e. The molecule has 2 rings (SSSR count). The Morgan fingerprint density at radius 2 is 2.30 bits per heavy atom. The highest BCUT2D eigenvalue weighted by Crippen LogP contribution is 2.31. The molecule has 0 saturated carbocycles. The zero-order valence-electron chi connectivity index (χ0n) is 5.66. The van der Waals surface area contributed by atoms with Gasteiger partial charge in [-0.3, -0.25) is 4.84 Å². The molecule has 0 unspecified atom stereocenters. The minimum atomic E-state index is -0.0476. The van der Waals surface area contributed by atoms with Gasteiger partial charge in [-0.25, -0.2) is 5.90 Å². The number of ether oxygens (including phenoxy) is 2. The Balaban J connectivity index is 2.01. The van der Waals surface area contributed by atoms with Crippen LogP contribution in [0, 0.1) is 5.92 Å². The predicted octanol–water partition coefficient (Wildman–Crippen LogP) is -0.362. The molecular weight excluding hydrogens is 134 g/mol. The van der Waals surface area contributed by atoms with Crippen LogP contribution in [0.15, 0.2) is 0 Å². The van der Waals surface area contributed by atoms with E-state index < -0.39 is 0 Å². The third-order valence-electron chi connectivity index (χ3n) is 2.16. The third-order valence-corrected chi connectivity index (χ3v) is 2.16. The van der Waals surface area contributed by atoms with Gasteiger partial charge in [-0.15, -0.1) is 0 Å². The highest BCUT2D eigenvalue weighted by Gasteiger charge is 2.42. The molecule has 58 valence electrons. The quantitative estimate of drug-likeness (QED) is 0.512. The molecule has 4 heteroatoms. The van der Waals surface area contributed by atoms with Crippen molar-refractivity contribution in [1.29, 1.82) is 0 Å². The van der Waals surface area contributed by atoms with Gasteiger partial charge >= 0.3 is 0 Å². The fourth-order valence-electron chi connectivity index (χ4n) is 1.57. The van der Waals surface area contributed by atoms with E-state index in [1.165, 1.54) is 0 Å². The standard InChI is InChI=1S/C6H11NO3/c7-10-5-3-9-6-4(5)1-2-8-6/h4-6H,1-3,7H2/t4-,5-,6+/m0/s1. The second-order valence-corrected chi connectivity index (χ2v) is 2.70. The number of rotatable bonds is 1. The second-order valence-electron chi connectivity index (χ2n) is 2.70. The maximum atomic E-state index is 5.25. The zero-order valence-corrected chi connectivity index (χ0v) is 5.66. The van der Waals surface area contributed by atoms with Gasteiger partial charge in [0.2, 0.25) is 0 Å². The molecule has 2 aliphatic heterocycles. The molecule has 2 fully saturated rings. The molecule has 0 aromatic heterocycles. The summed E-state index contributed by atoms with van der Waals surface area (Å²) in [5.41, 5.74) is 0. The van der Waals surface area contributed by atoms with Crippen LogP contribution in [-0.2, 0) is 14.3 Å². The van der Waals surface area contributed by atoms with E-state index in [-0.39, 0.29) is 12.4 Å². The van der Waals surface area contributed by atoms with E-state index >= 15 is 0 Å². The Hall–Kier alpha value is -0.160. The van der Waals surface area contributed by atoms with Crippen molar-refractivity contribution in [3.63, 3.8) is 0 Å². The van der Waals surface area contributed by atoms with Crippen LogP contribution in [0.1, 0.15) is 6.42 Å². The summed E-state index contributed by atoms with van der Waals surface area (Å²) in [5.74, 6) is 5.42. The number of hydrogen-bond acceptors (Lipinski definition) is 4.